The minimum absolute atomic E-state index is 0.220. The number of nitrogens with one attached hydrogen (secondary N) is 1. The second-order valence-electron chi connectivity index (χ2n) is 4.87. The second-order valence-corrected chi connectivity index (χ2v) is 4.87. The Labute approximate surface area is 115 Å². The van der Waals surface area contributed by atoms with Gasteiger partial charge in [-0.1, -0.05) is 0 Å². The Kier molecular flexibility index (Phi) is 2.60. The van der Waals surface area contributed by atoms with Crippen molar-refractivity contribution in [2.24, 2.45) is 0 Å². The SMILES string of the molecule is Cc1nn(-c2nc3ccc(N)cc3c(=O)[nH]2)c(C)c1C. The third kappa shape index (κ3) is 1.77. The molecule has 2 heterocycles. The van der Waals surface area contributed by atoms with Crippen LogP contribution in [-0.4, -0.2) is 19.7 Å². The topological polar surface area (TPSA) is 89.6 Å². The third-order valence-electron chi connectivity index (χ3n) is 3.57. The van der Waals surface area contributed by atoms with E-state index < -0.39 is 0 Å². The van der Waals surface area contributed by atoms with Crippen LogP contribution in [0.4, 0.5) is 5.69 Å². The van der Waals surface area contributed by atoms with Crippen LogP contribution in [0.1, 0.15) is 17.0 Å². The maximum Gasteiger partial charge on any atom is 0.260 e. The molecule has 0 aliphatic carbocycles. The lowest BCUT2D eigenvalue weighted by Crippen LogP contribution is -2.15. The molecule has 3 N–H and O–H groups in total. The van der Waals surface area contributed by atoms with Crippen LogP contribution in [0.25, 0.3) is 16.9 Å². The van der Waals surface area contributed by atoms with Crippen LogP contribution < -0.4 is 11.3 Å². The van der Waals surface area contributed by atoms with Gasteiger partial charge in [0.15, 0.2) is 0 Å². The van der Waals surface area contributed by atoms with Crippen molar-refractivity contribution in [3.8, 4) is 5.95 Å². The van der Waals surface area contributed by atoms with E-state index in [0.717, 1.165) is 17.0 Å². The van der Waals surface area contributed by atoms with Gasteiger partial charge in [-0.15, -0.1) is 0 Å². The number of aromatic nitrogens is 4. The van der Waals surface area contributed by atoms with E-state index in [1.165, 1.54) is 0 Å². The molecule has 6 heteroatoms. The lowest BCUT2D eigenvalue weighted by molar-refractivity contribution is 0.775. The fourth-order valence-corrected chi connectivity index (χ4v) is 2.17. The highest BCUT2D eigenvalue weighted by molar-refractivity contribution is 5.81. The molecule has 0 radical (unpaired) electrons. The molecule has 20 heavy (non-hydrogen) atoms. The van der Waals surface area contributed by atoms with Crippen LogP contribution in [0.3, 0.4) is 0 Å². The van der Waals surface area contributed by atoms with Gasteiger partial charge in [-0.2, -0.15) is 5.10 Å². The molecule has 0 bridgehead atoms. The van der Waals surface area contributed by atoms with Gasteiger partial charge < -0.3 is 5.73 Å². The molecule has 102 valence electrons. The monoisotopic (exact) mass is 269 g/mol. The Balaban J connectivity index is 2.30. The van der Waals surface area contributed by atoms with Crippen molar-refractivity contribution >= 4 is 16.6 Å². The summed E-state index contributed by atoms with van der Waals surface area (Å²) in [7, 11) is 0. The van der Waals surface area contributed by atoms with Crippen molar-refractivity contribution in [2.45, 2.75) is 20.8 Å². The number of nitrogens with two attached hydrogens (primary N) is 1. The van der Waals surface area contributed by atoms with Gasteiger partial charge in [0.05, 0.1) is 16.6 Å². The first kappa shape index (κ1) is 12.4. The van der Waals surface area contributed by atoms with E-state index >= 15 is 0 Å². The van der Waals surface area contributed by atoms with Crippen LogP contribution in [0.15, 0.2) is 23.0 Å². The Bertz CT molecular complexity index is 875. The highest BCUT2D eigenvalue weighted by atomic mass is 16.1. The average Bonchev–Trinajstić information content (AvgIpc) is 2.67. The molecular weight excluding hydrogens is 254 g/mol. The molecule has 0 aliphatic heterocycles. The number of H-pyrrole nitrogens is 1. The predicted molar refractivity (Wildman–Crippen MR) is 78.1 cm³/mol. The molecule has 0 saturated heterocycles. The number of nitrogens with zero attached hydrogens (tertiary/aromatic N) is 3. The van der Waals surface area contributed by atoms with Gasteiger partial charge in [-0.25, -0.2) is 9.67 Å². The van der Waals surface area contributed by atoms with Crippen molar-refractivity contribution in [3.63, 3.8) is 0 Å². The van der Waals surface area contributed by atoms with Crippen LogP contribution in [0.2, 0.25) is 0 Å². The summed E-state index contributed by atoms with van der Waals surface area (Å²) >= 11 is 0. The van der Waals surface area contributed by atoms with Gasteiger partial charge in [0, 0.05) is 11.4 Å². The molecule has 0 unspecified atom stereocenters. The molecule has 2 aromatic heterocycles. The smallest absolute Gasteiger partial charge is 0.260 e. The lowest BCUT2D eigenvalue weighted by Gasteiger charge is -2.05. The molecule has 0 saturated carbocycles. The van der Waals surface area contributed by atoms with Crippen molar-refractivity contribution < 1.29 is 0 Å². The maximum absolute atomic E-state index is 12.1. The minimum Gasteiger partial charge on any atom is -0.399 e. The molecule has 0 fully saturated rings. The fourth-order valence-electron chi connectivity index (χ4n) is 2.17. The molecule has 6 nitrogen and oxygen atoms in total. The number of aromatic amines is 1. The van der Waals surface area contributed by atoms with E-state index in [9.17, 15) is 4.79 Å². The van der Waals surface area contributed by atoms with Gasteiger partial charge in [-0.3, -0.25) is 9.78 Å². The van der Waals surface area contributed by atoms with Gasteiger partial charge in [0.25, 0.3) is 5.56 Å². The first-order chi connectivity index (χ1) is 9.47. The fraction of sp³-hybridized carbons (Fsp3) is 0.214. The number of hydrogen-bond acceptors (Lipinski definition) is 4. The summed E-state index contributed by atoms with van der Waals surface area (Å²) < 4.78 is 1.65. The predicted octanol–water partition coefficient (Wildman–Crippen LogP) is 1.62. The van der Waals surface area contributed by atoms with Crippen molar-refractivity contribution in [1.82, 2.24) is 19.7 Å². The molecule has 0 aliphatic rings. The van der Waals surface area contributed by atoms with E-state index in [2.05, 4.69) is 15.1 Å². The van der Waals surface area contributed by atoms with Crippen LogP contribution >= 0.6 is 0 Å². The summed E-state index contributed by atoms with van der Waals surface area (Å²) in [5.41, 5.74) is 9.58. The number of hydrogen-bond donors (Lipinski definition) is 2. The van der Waals surface area contributed by atoms with Crippen molar-refractivity contribution in [1.29, 1.82) is 0 Å². The highest BCUT2D eigenvalue weighted by Gasteiger charge is 2.12. The van der Waals surface area contributed by atoms with Gasteiger partial charge in [0.1, 0.15) is 0 Å². The molecular formula is C14H15N5O. The standard InChI is InChI=1S/C14H15N5O/c1-7-8(2)18-19(9(7)3)14-16-12-5-4-10(15)6-11(12)13(20)17-14/h4-6H,15H2,1-3H3,(H,16,17,20). The van der Waals surface area contributed by atoms with Crippen LogP contribution in [0, 0.1) is 20.8 Å². The molecule has 3 aromatic rings. The summed E-state index contributed by atoms with van der Waals surface area (Å²) in [5, 5.41) is 4.88. The Morgan fingerprint density at radius 2 is 2.00 bits per heavy atom. The number of aryl methyl sites for hydroxylation is 1. The normalized spacial score (nSPS) is 11.2. The molecule has 3 rings (SSSR count). The first-order valence-corrected chi connectivity index (χ1v) is 6.30. The third-order valence-corrected chi connectivity index (χ3v) is 3.57. The zero-order valence-corrected chi connectivity index (χ0v) is 11.6. The van der Waals surface area contributed by atoms with Crippen LogP contribution in [0.5, 0.6) is 0 Å². The number of nitrogen functional groups attached to an aromatic ring is 1. The van der Waals surface area contributed by atoms with E-state index in [-0.39, 0.29) is 5.56 Å². The second kappa shape index (κ2) is 4.19. The van der Waals surface area contributed by atoms with E-state index in [1.54, 1.807) is 22.9 Å². The van der Waals surface area contributed by atoms with E-state index in [1.807, 2.05) is 20.8 Å². The largest absolute Gasteiger partial charge is 0.399 e. The zero-order chi connectivity index (χ0) is 14.4. The van der Waals surface area contributed by atoms with Crippen LogP contribution in [-0.2, 0) is 0 Å². The number of rotatable bonds is 1. The Hall–Kier alpha value is -2.63. The average molecular weight is 269 g/mol. The summed E-state index contributed by atoms with van der Waals surface area (Å²) in [5.74, 6) is 0.418. The Morgan fingerprint density at radius 1 is 1.25 bits per heavy atom. The van der Waals surface area contributed by atoms with E-state index in [4.69, 9.17) is 5.73 Å². The van der Waals surface area contributed by atoms with Gasteiger partial charge in [-0.05, 0) is 44.5 Å². The number of anilines is 1. The maximum atomic E-state index is 12.1. The number of benzene rings is 1. The molecule has 1 aromatic carbocycles. The summed E-state index contributed by atoms with van der Waals surface area (Å²) in [6.07, 6.45) is 0. The Morgan fingerprint density at radius 3 is 2.65 bits per heavy atom. The lowest BCUT2D eigenvalue weighted by atomic mass is 10.2. The van der Waals surface area contributed by atoms with Gasteiger partial charge >= 0.3 is 0 Å². The number of fused-ring (bicyclic) bond motifs is 1. The van der Waals surface area contributed by atoms with Crippen molar-refractivity contribution in [3.05, 3.63) is 45.5 Å². The summed E-state index contributed by atoms with van der Waals surface area (Å²) in [6, 6.07) is 5.09. The minimum atomic E-state index is -0.220. The van der Waals surface area contributed by atoms with Crippen molar-refractivity contribution in [2.75, 3.05) is 5.73 Å². The molecule has 0 amide bonds. The quantitative estimate of drug-likeness (QED) is 0.657. The zero-order valence-electron chi connectivity index (χ0n) is 11.6. The first-order valence-electron chi connectivity index (χ1n) is 6.30. The van der Waals surface area contributed by atoms with E-state index in [0.29, 0.717) is 22.5 Å². The highest BCUT2D eigenvalue weighted by Crippen LogP contribution is 2.16. The molecule has 0 spiro atoms. The van der Waals surface area contributed by atoms with Gasteiger partial charge in [0.2, 0.25) is 5.95 Å². The summed E-state index contributed by atoms with van der Waals surface area (Å²) in [6.45, 7) is 5.87. The summed E-state index contributed by atoms with van der Waals surface area (Å²) in [4.78, 5) is 19.3. The molecule has 0 atom stereocenters.